The number of thiophene rings is 1. The van der Waals surface area contributed by atoms with E-state index in [1.807, 2.05) is 35.2 Å². The van der Waals surface area contributed by atoms with Gasteiger partial charge in [-0.05, 0) is 60.2 Å². The highest BCUT2D eigenvalue weighted by Crippen LogP contribution is 2.38. The molecule has 0 bridgehead atoms. The number of hydrogen-bond acceptors (Lipinski definition) is 4. The van der Waals surface area contributed by atoms with Crippen LogP contribution >= 0.6 is 11.3 Å². The van der Waals surface area contributed by atoms with Crippen molar-refractivity contribution in [2.75, 3.05) is 11.9 Å². The minimum Gasteiger partial charge on any atom is -0.478 e. The van der Waals surface area contributed by atoms with Gasteiger partial charge in [0, 0.05) is 16.1 Å². The molecule has 2 N–H and O–H groups in total. The molecule has 2 heterocycles. The predicted octanol–water partition coefficient (Wildman–Crippen LogP) is 6.26. The summed E-state index contributed by atoms with van der Waals surface area (Å²) in [6, 6.07) is 22.1. The third-order valence-corrected chi connectivity index (χ3v) is 7.41. The highest BCUT2D eigenvalue weighted by Gasteiger charge is 2.36. The third-order valence-electron chi connectivity index (χ3n) is 6.23. The first-order chi connectivity index (χ1) is 16.5. The number of nitrogens with one attached hydrogen (secondary N) is 1. The van der Waals surface area contributed by atoms with Gasteiger partial charge in [-0.1, -0.05) is 42.5 Å². The first kappa shape index (κ1) is 22.1. The molecule has 0 radical (unpaired) electrons. The summed E-state index contributed by atoms with van der Waals surface area (Å²) < 4.78 is 15.6. The minimum absolute atomic E-state index is 0.125. The molecule has 7 heteroatoms. The highest BCUT2D eigenvalue weighted by molar-refractivity contribution is 7.19. The number of aromatic carboxylic acids is 1. The number of likely N-dealkylation sites (tertiary alicyclic amines) is 1. The number of carbonyl (C=O) groups is 2. The molecular formula is C27H23FN2O3S. The SMILES string of the molecule is O=C(O)c1ccc(C2CCCN2C(=O)C(Nc2ccccc2F)c2cc3ccccc3s2)cc1. The van der Waals surface area contributed by atoms with Crippen LogP contribution in [0.15, 0.2) is 78.9 Å². The van der Waals surface area contributed by atoms with Crippen molar-refractivity contribution in [1.29, 1.82) is 0 Å². The second-order valence-corrected chi connectivity index (χ2v) is 9.48. The Morgan fingerprint density at radius 1 is 1.03 bits per heavy atom. The van der Waals surface area contributed by atoms with E-state index in [1.165, 1.54) is 17.4 Å². The molecule has 1 aromatic heterocycles. The van der Waals surface area contributed by atoms with Crippen molar-refractivity contribution in [3.63, 3.8) is 0 Å². The lowest BCUT2D eigenvalue weighted by Gasteiger charge is -2.30. The standard InChI is InChI=1S/C27H23FN2O3S/c28-20-7-2-3-8-21(20)29-25(24-16-19-6-1-4-10-23(19)34-24)26(31)30-15-5-9-22(30)17-11-13-18(14-12-17)27(32)33/h1-4,6-8,10-14,16,22,25,29H,5,9,15H2,(H,32,33). The Balaban J connectivity index is 1.50. The first-order valence-electron chi connectivity index (χ1n) is 11.1. The Bertz CT molecular complexity index is 1320. The van der Waals surface area contributed by atoms with Crippen molar-refractivity contribution >= 4 is 39.0 Å². The zero-order valence-corrected chi connectivity index (χ0v) is 19.1. The molecule has 5 rings (SSSR count). The fourth-order valence-electron chi connectivity index (χ4n) is 4.52. The van der Waals surface area contributed by atoms with Crippen LogP contribution in [0.1, 0.15) is 45.7 Å². The van der Waals surface area contributed by atoms with E-state index in [9.17, 15) is 19.1 Å². The Kier molecular flexibility index (Phi) is 6.02. The lowest BCUT2D eigenvalue weighted by Crippen LogP contribution is -2.37. The summed E-state index contributed by atoms with van der Waals surface area (Å²) >= 11 is 1.52. The summed E-state index contributed by atoms with van der Waals surface area (Å²) in [5.74, 6) is -1.52. The van der Waals surface area contributed by atoms with Crippen LogP contribution < -0.4 is 5.32 Å². The van der Waals surface area contributed by atoms with Crippen molar-refractivity contribution in [3.8, 4) is 0 Å². The van der Waals surface area contributed by atoms with Gasteiger partial charge in [-0.25, -0.2) is 9.18 Å². The number of carboxylic acid groups (broad SMARTS) is 1. The van der Waals surface area contributed by atoms with Gasteiger partial charge in [-0.3, -0.25) is 4.79 Å². The van der Waals surface area contributed by atoms with Crippen molar-refractivity contribution in [3.05, 3.63) is 101 Å². The maximum absolute atomic E-state index is 14.5. The van der Waals surface area contributed by atoms with Crippen LogP contribution in [-0.2, 0) is 4.79 Å². The molecule has 2 atom stereocenters. The van der Waals surface area contributed by atoms with E-state index in [-0.39, 0.29) is 23.2 Å². The Labute approximate surface area is 200 Å². The van der Waals surface area contributed by atoms with Gasteiger partial charge < -0.3 is 15.3 Å². The molecule has 172 valence electrons. The van der Waals surface area contributed by atoms with Crippen LogP contribution in [-0.4, -0.2) is 28.4 Å². The van der Waals surface area contributed by atoms with Crippen LogP contribution in [0.5, 0.6) is 0 Å². The zero-order chi connectivity index (χ0) is 23.7. The minimum atomic E-state index is -0.982. The number of para-hydroxylation sites is 1. The fourth-order valence-corrected chi connectivity index (χ4v) is 5.63. The molecule has 1 aliphatic rings. The summed E-state index contributed by atoms with van der Waals surface area (Å²) in [7, 11) is 0. The van der Waals surface area contributed by atoms with E-state index in [0.29, 0.717) is 6.54 Å². The molecule has 34 heavy (non-hydrogen) atoms. The number of hydrogen-bond donors (Lipinski definition) is 2. The molecule has 1 fully saturated rings. The second-order valence-electron chi connectivity index (χ2n) is 8.36. The smallest absolute Gasteiger partial charge is 0.335 e. The average Bonchev–Trinajstić information content (AvgIpc) is 3.50. The van der Waals surface area contributed by atoms with Gasteiger partial charge in [0.2, 0.25) is 0 Å². The van der Waals surface area contributed by atoms with Crippen molar-refractivity contribution in [2.45, 2.75) is 24.9 Å². The number of benzene rings is 3. The summed E-state index contributed by atoms with van der Waals surface area (Å²) in [5, 5.41) is 13.4. The Morgan fingerprint density at radius 3 is 2.50 bits per heavy atom. The molecule has 0 saturated carbocycles. The number of rotatable bonds is 6. The van der Waals surface area contributed by atoms with Gasteiger partial charge in [0.15, 0.2) is 0 Å². The van der Waals surface area contributed by atoms with Gasteiger partial charge in [0.25, 0.3) is 5.91 Å². The van der Waals surface area contributed by atoms with E-state index in [1.54, 1.807) is 42.5 Å². The lowest BCUT2D eigenvalue weighted by atomic mass is 10.0. The predicted molar refractivity (Wildman–Crippen MR) is 132 cm³/mol. The largest absolute Gasteiger partial charge is 0.478 e. The molecular weight excluding hydrogens is 451 g/mol. The number of anilines is 1. The first-order valence-corrected chi connectivity index (χ1v) is 12.0. The maximum atomic E-state index is 14.5. The number of carbonyl (C=O) groups excluding carboxylic acids is 1. The number of amides is 1. The van der Waals surface area contributed by atoms with E-state index < -0.39 is 17.8 Å². The molecule has 3 aromatic carbocycles. The van der Waals surface area contributed by atoms with Crippen LogP contribution in [0.4, 0.5) is 10.1 Å². The molecule has 0 spiro atoms. The molecule has 1 saturated heterocycles. The van der Waals surface area contributed by atoms with Gasteiger partial charge in [-0.15, -0.1) is 11.3 Å². The monoisotopic (exact) mass is 474 g/mol. The van der Waals surface area contributed by atoms with Crippen molar-refractivity contribution in [1.82, 2.24) is 4.90 Å². The second kappa shape index (κ2) is 9.27. The number of halogens is 1. The Hall–Kier alpha value is -3.71. The van der Waals surface area contributed by atoms with Gasteiger partial charge in [-0.2, -0.15) is 0 Å². The van der Waals surface area contributed by atoms with Crippen LogP contribution in [0.2, 0.25) is 0 Å². The quantitative estimate of drug-likeness (QED) is 0.346. The maximum Gasteiger partial charge on any atom is 0.335 e. The normalized spacial score (nSPS) is 16.5. The van der Waals surface area contributed by atoms with E-state index in [2.05, 4.69) is 5.32 Å². The summed E-state index contributed by atoms with van der Waals surface area (Å²) in [4.78, 5) is 27.8. The molecule has 1 amide bonds. The number of nitrogens with zero attached hydrogens (tertiary/aromatic N) is 1. The number of fused-ring (bicyclic) bond motifs is 1. The summed E-state index contributed by atoms with van der Waals surface area (Å²) in [5.41, 5.74) is 1.39. The highest BCUT2D eigenvalue weighted by atomic mass is 32.1. The molecule has 4 aromatic rings. The van der Waals surface area contributed by atoms with Crippen LogP contribution in [0.25, 0.3) is 10.1 Å². The molecule has 2 unspecified atom stereocenters. The molecule has 0 aliphatic carbocycles. The summed E-state index contributed by atoms with van der Waals surface area (Å²) in [6.45, 7) is 0.588. The summed E-state index contributed by atoms with van der Waals surface area (Å²) in [6.07, 6.45) is 1.63. The van der Waals surface area contributed by atoms with Gasteiger partial charge >= 0.3 is 5.97 Å². The molecule has 5 nitrogen and oxygen atoms in total. The van der Waals surface area contributed by atoms with Crippen molar-refractivity contribution < 1.29 is 19.1 Å². The van der Waals surface area contributed by atoms with Gasteiger partial charge in [0.1, 0.15) is 11.9 Å². The van der Waals surface area contributed by atoms with Crippen LogP contribution in [0.3, 0.4) is 0 Å². The van der Waals surface area contributed by atoms with E-state index in [0.717, 1.165) is 33.4 Å². The average molecular weight is 475 g/mol. The van der Waals surface area contributed by atoms with E-state index >= 15 is 0 Å². The lowest BCUT2D eigenvalue weighted by molar-refractivity contribution is -0.133. The van der Waals surface area contributed by atoms with Crippen molar-refractivity contribution in [2.24, 2.45) is 0 Å². The topological polar surface area (TPSA) is 69.6 Å². The molecule has 1 aliphatic heterocycles. The van der Waals surface area contributed by atoms with Crippen LogP contribution in [0, 0.1) is 5.82 Å². The fraction of sp³-hybridized carbons (Fsp3) is 0.185. The third kappa shape index (κ3) is 4.26. The van der Waals surface area contributed by atoms with Gasteiger partial charge in [0.05, 0.1) is 17.3 Å². The zero-order valence-electron chi connectivity index (χ0n) is 18.3. The number of carboxylic acids is 1. The Morgan fingerprint density at radius 2 is 1.76 bits per heavy atom. The van der Waals surface area contributed by atoms with E-state index in [4.69, 9.17) is 0 Å².